The molecule has 0 saturated heterocycles. The van der Waals surface area contributed by atoms with Crippen LogP contribution in [0.15, 0.2) is 24.3 Å². The number of ether oxygens (including phenoxy) is 1. The molecule has 0 fully saturated rings. The van der Waals surface area contributed by atoms with Crippen LogP contribution in [0.1, 0.15) is 47.1 Å². The second-order valence-corrected chi connectivity index (χ2v) is 8.15. The van der Waals surface area contributed by atoms with E-state index in [1.807, 2.05) is 13.8 Å². The van der Waals surface area contributed by atoms with Crippen molar-refractivity contribution in [2.24, 2.45) is 0 Å². The van der Waals surface area contributed by atoms with Gasteiger partial charge in [-0.1, -0.05) is 36.2 Å². The van der Waals surface area contributed by atoms with Gasteiger partial charge in [0.2, 0.25) is 5.91 Å². The zero-order valence-electron chi connectivity index (χ0n) is 15.6. The zero-order valence-corrected chi connectivity index (χ0v) is 17.9. The fraction of sp³-hybridized carbons (Fsp3) is 0.300. The first-order valence-electron chi connectivity index (χ1n) is 8.50. The third kappa shape index (κ3) is 5.34. The van der Waals surface area contributed by atoms with Gasteiger partial charge in [-0.05, 0) is 51.0 Å². The molecular weight excluding hydrogens is 405 g/mol. The van der Waals surface area contributed by atoms with E-state index in [0.717, 1.165) is 10.4 Å². The van der Waals surface area contributed by atoms with Crippen LogP contribution < -0.4 is 5.32 Å². The second kappa shape index (κ2) is 9.40. The highest BCUT2D eigenvalue weighted by atomic mass is 35.5. The molecule has 144 valence electrons. The number of hydrogen-bond donors (Lipinski definition) is 1. The highest BCUT2D eigenvalue weighted by Gasteiger charge is 2.24. The predicted octanol–water partition coefficient (Wildman–Crippen LogP) is 6.14. The minimum absolute atomic E-state index is 0.242. The summed E-state index contributed by atoms with van der Waals surface area (Å²) in [5.74, 6) is -0.812. The average molecular weight is 426 g/mol. The average Bonchev–Trinajstić information content (AvgIpc) is 2.88. The van der Waals surface area contributed by atoms with E-state index in [2.05, 4.69) is 5.32 Å². The molecule has 0 unspecified atom stereocenters. The Balaban J connectivity index is 2.27. The van der Waals surface area contributed by atoms with Gasteiger partial charge < -0.3 is 10.1 Å². The van der Waals surface area contributed by atoms with Crippen molar-refractivity contribution < 1.29 is 14.3 Å². The van der Waals surface area contributed by atoms with Gasteiger partial charge in [0, 0.05) is 26.6 Å². The van der Waals surface area contributed by atoms with Crippen LogP contribution >= 0.6 is 34.5 Å². The lowest BCUT2D eigenvalue weighted by Crippen LogP contribution is -2.16. The Hall–Kier alpha value is -1.82. The van der Waals surface area contributed by atoms with E-state index in [1.54, 1.807) is 38.1 Å². The van der Waals surface area contributed by atoms with Crippen LogP contribution in [0.3, 0.4) is 0 Å². The van der Waals surface area contributed by atoms with Gasteiger partial charge in [-0.3, -0.25) is 4.79 Å². The molecule has 0 saturated carbocycles. The molecule has 1 amide bonds. The van der Waals surface area contributed by atoms with Crippen molar-refractivity contribution in [2.75, 3.05) is 5.32 Å². The Morgan fingerprint density at radius 1 is 1.26 bits per heavy atom. The van der Waals surface area contributed by atoms with Crippen molar-refractivity contribution in [1.82, 2.24) is 0 Å². The van der Waals surface area contributed by atoms with Gasteiger partial charge in [0.25, 0.3) is 0 Å². The number of benzene rings is 1. The summed E-state index contributed by atoms with van der Waals surface area (Å²) in [7, 11) is 0. The van der Waals surface area contributed by atoms with Crippen LogP contribution in [-0.2, 0) is 16.0 Å². The van der Waals surface area contributed by atoms with E-state index in [1.165, 1.54) is 17.4 Å². The Kier molecular flexibility index (Phi) is 7.48. The van der Waals surface area contributed by atoms with Crippen LogP contribution in [0, 0.1) is 6.92 Å². The Morgan fingerprint density at radius 2 is 1.89 bits per heavy atom. The standard InChI is InChI=1S/C20H21Cl2NO3S/c1-5-13-12(4)27-19(18(13)20(25)26-11(2)3)23-17(24)10-9-14-15(21)7-6-8-16(14)22/h6-11H,5H2,1-4H3,(H,23,24)/b10-9+. The lowest BCUT2D eigenvalue weighted by atomic mass is 10.1. The number of thiophene rings is 1. The van der Waals surface area contributed by atoms with Gasteiger partial charge in [0.05, 0.1) is 11.7 Å². The first kappa shape index (κ1) is 21.5. The van der Waals surface area contributed by atoms with Gasteiger partial charge in [-0.15, -0.1) is 11.3 Å². The van der Waals surface area contributed by atoms with Crippen LogP contribution in [0.25, 0.3) is 6.08 Å². The smallest absolute Gasteiger partial charge is 0.341 e. The number of carbonyl (C=O) groups excluding carboxylic acids is 2. The molecule has 0 aliphatic rings. The van der Waals surface area contributed by atoms with Crippen LogP contribution in [0.2, 0.25) is 10.0 Å². The minimum atomic E-state index is -0.431. The third-order valence-corrected chi connectivity index (χ3v) is 5.47. The topological polar surface area (TPSA) is 55.4 Å². The maximum Gasteiger partial charge on any atom is 0.341 e. The first-order valence-corrected chi connectivity index (χ1v) is 10.1. The maximum atomic E-state index is 12.5. The maximum absolute atomic E-state index is 12.5. The fourth-order valence-corrected chi connectivity index (χ4v) is 4.22. The summed E-state index contributed by atoms with van der Waals surface area (Å²) in [6.45, 7) is 7.46. The molecular formula is C20H21Cl2NO3S. The molecule has 0 spiro atoms. The van der Waals surface area contributed by atoms with E-state index in [0.29, 0.717) is 32.6 Å². The van der Waals surface area contributed by atoms with Crippen molar-refractivity contribution in [3.05, 3.63) is 55.9 Å². The molecule has 0 aliphatic carbocycles. The third-order valence-electron chi connectivity index (χ3n) is 3.75. The van der Waals surface area contributed by atoms with E-state index < -0.39 is 5.97 Å². The van der Waals surface area contributed by atoms with Crippen molar-refractivity contribution in [3.8, 4) is 0 Å². The van der Waals surface area contributed by atoms with Gasteiger partial charge in [0.1, 0.15) is 5.00 Å². The molecule has 1 aromatic carbocycles. The Morgan fingerprint density at radius 3 is 2.44 bits per heavy atom. The summed E-state index contributed by atoms with van der Waals surface area (Å²) in [5, 5.41) is 4.16. The first-order chi connectivity index (χ1) is 12.7. The highest BCUT2D eigenvalue weighted by molar-refractivity contribution is 7.16. The molecule has 1 aromatic heterocycles. The number of esters is 1. The summed E-state index contributed by atoms with van der Waals surface area (Å²) in [5.41, 5.74) is 1.87. The van der Waals surface area contributed by atoms with Gasteiger partial charge >= 0.3 is 5.97 Å². The Bertz CT molecular complexity index is 867. The lowest BCUT2D eigenvalue weighted by Gasteiger charge is -2.10. The molecule has 0 bridgehead atoms. The van der Waals surface area contributed by atoms with E-state index in [-0.39, 0.29) is 12.0 Å². The van der Waals surface area contributed by atoms with E-state index in [4.69, 9.17) is 27.9 Å². The molecule has 1 heterocycles. The van der Waals surface area contributed by atoms with Crippen molar-refractivity contribution in [3.63, 3.8) is 0 Å². The zero-order chi connectivity index (χ0) is 20.1. The molecule has 0 atom stereocenters. The van der Waals surface area contributed by atoms with Gasteiger partial charge in [0.15, 0.2) is 0 Å². The number of hydrogen-bond acceptors (Lipinski definition) is 4. The highest BCUT2D eigenvalue weighted by Crippen LogP contribution is 2.34. The summed E-state index contributed by atoms with van der Waals surface area (Å²) < 4.78 is 5.34. The number of aryl methyl sites for hydroxylation is 1. The molecule has 1 N–H and O–H groups in total. The number of rotatable bonds is 6. The minimum Gasteiger partial charge on any atom is -0.459 e. The largest absolute Gasteiger partial charge is 0.459 e. The molecule has 7 heteroatoms. The van der Waals surface area contributed by atoms with Crippen molar-refractivity contribution >= 4 is 57.5 Å². The van der Waals surface area contributed by atoms with E-state index >= 15 is 0 Å². The molecule has 0 radical (unpaired) electrons. The summed E-state index contributed by atoms with van der Waals surface area (Å²) in [6, 6.07) is 5.12. The molecule has 2 rings (SSSR count). The molecule has 4 nitrogen and oxygen atoms in total. The SMILES string of the molecule is CCc1c(C)sc(NC(=O)/C=C/c2c(Cl)cccc2Cl)c1C(=O)OC(C)C. The Labute approximate surface area is 173 Å². The lowest BCUT2D eigenvalue weighted by molar-refractivity contribution is -0.111. The molecule has 27 heavy (non-hydrogen) atoms. The summed E-state index contributed by atoms with van der Waals surface area (Å²) in [6.07, 6.45) is 3.32. The van der Waals surface area contributed by atoms with Crippen molar-refractivity contribution in [1.29, 1.82) is 0 Å². The van der Waals surface area contributed by atoms with Crippen LogP contribution in [0.4, 0.5) is 5.00 Å². The quantitative estimate of drug-likeness (QED) is 0.446. The monoisotopic (exact) mass is 425 g/mol. The summed E-state index contributed by atoms with van der Waals surface area (Å²) in [4.78, 5) is 25.9. The fourth-order valence-electron chi connectivity index (χ4n) is 2.56. The van der Waals surface area contributed by atoms with Crippen LogP contribution in [-0.4, -0.2) is 18.0 Å². The second-order valence-electron chi connectivity index (χ2n) is 6.11. The normalized spacial score (nSPS) is 11.2. The van der Waals surface area contributed by atoms with Gasteiger partial charge in [-0.2, -0.15) is 0 Å². The predicted molar refractivity (Wildman–Crippen MR) is 113 cm³/mol. The number of amides is 1. The van der Waals surface area contributed by atoms with Crippen molar-refractivity contribution in [2.45, 2.75) is 40.2 Å². The number of nitrogens with one attached hydrogen (secondary N) is 1. The summed E-state index contributed by atoms with van der Waals surface area (Å²) >= 11 is 13.6. The molecule has 0 aliphatic heterocycles. The number of halogens is 2. The number of carbonyl (C=O) groups is 2. The van der Waals surface area contributed by atoms with Gasteiger partial charge in [-0.25, -0.2) is 4.79 Å². The van der Waals surface area contributed by atoms with E-state index in [9.17, 15) is 9.59 Å². The van der Waals surface area contributed by atoms with Crippen LogP contribution in [0.5, 0.6) is 0 Å². The molecule has 2 aromatic rings. The number of anilines is 1.